The van der Waals surface area contributed by atoms with E-state index >= 15 is 0 Å². The van der Waals surface area contributed by atoms with Crippen molar-refractivity contribution in [1.29, 1.82) is 0 Å². The van der Waals surface area contributed by atoms with Crippen molar-refractivity contribution in [2.75, 3.05) is 23.3 Å². The van der Waals surface area contributed by atoms with Crippen LogP contribution in [0.4, 0.5) is 16.1 Å². The molecule has 7 heteroatoms. The largest absolute Gasteiger partial charge is 0.326 e. The molecule has 3 aromatic rings. The van der Waals surface area contributed by atoms with Gasteiger partial charge < -0.3 is 14.7 Å². The van der Waals surface area contributed by atoms with Crippen LogP contribution in [0.1, 0.15) is 24.0 Å². The van der Waals surface area contributed by atoms with E-state index < -0.39 is 0 Å². The molecule has 1 saturated heterocycles. The Labute approximate surface area is 168 Å². The SMILES string of the molecule is Cc1ccc(NC(=O)C2CCN(c3nc(-c4ccccc4C)no3)CC2)cc1F. The predicted octanol–water partition coefficient (Wildman–Crippen LogP) is 4.35. The van der Waals surface area contributed by atoms with E-state index in [2.05, 4.69) is 15.5 Å². The number of nitrogens with zero attached hydrogens (tertiary/aromatic N) is 3. The lowest BCUT2D eigenvalue weighted by molar-refractivity contribution is -0.120. The molecule has 0 radical (unpaired) electrons. The van der Waals surface area contributed by atoms with Gasteiger partial charge in [-0.1, -0.05) is 35.5 Å². The summed E-state index contributed by atoms with van der Waals surface area (Å²) in [4.78, 5) is 19.1. The minimum absolute atomic E-state index is 0.0842. The van der Waals surface area contributed by atoms with E-state index in [-0.39, 0.29) is 17.6 Å². The molecule has 0 spiro atoms. The third-order valence-electron chi connectivity index (χ3n) is 5.38. The molecule has 1 aliphatic rings. The molecular weight excluding hydrogens is 371 g/mol. The summed E-state index contributed by atoms with van der Waals surface area (Å²) in [7, 11) is 0. The number of hydrogen-bond donors (Lipinski definition) is 1. The number of amides is 1. The number of piperidine rings is 1. The van der Waals surface area contributed by atoms with Crippen LogP contribution in [0.2, 0.25) is 0 Å². The van der Waals surface area contributed by atoms with Crippen LogP contribution in [0.15, 0.2) is 47.0 Å². The van der Waals surface area contributed by atoms with Gasteiger partial charge in [-0.25, -0.2) is 4.39 Å². The summed E-state index contributed by atoms with van der Waals surface area (Å²) in [5.41, 5.74) is 3.08. The Balaban J connectivity index is 1.36. The number of aryl methyl sites for hydroxylation is 2. The number of nitrogens with one attached hydrogen (secondary N) is 1. The lowest BCUT2D eigenvalue weighted by Gasteiger charge is -2.29. The second-order valence-electron chi connectivity index (χ2n) is 7.43. The van der Waals surface area contributed by atoms with Crippen molar-refractivity contribution in [3.8, 4) is 11.4 Å². The van der Waals surface area contributed by atoms with Gasteiger partial charge in [-0.05, 0) is 49.9 Å². The van der Waals surface area contributed by atoms with Gasteiger partial charge in [0.05, 0.1) is 0 Å². The molecule has 1 fully saturated rings. The Morgan fingerprint density at radius 3 is 2.62 bits per heavy atom. The Morgan fingerprint density at radius 2 is 1.90 bits per heavy atom. The van der Waals surface area contributed by atoms with Gasteiger partial charge in [0.1, 0.15) is 5.82 Å². The lowest BCUT2D eigenvalue weighted by Crippen LogP contribution is -2.38. The number of carbonyl (C=O) groups is 1. The molecule has 4 rings (SSSR count). The van der Waals surface area contributed by atoms with Crippen molar-refractivity contribution in [2.24, 2.45) is 5.92 Å². The predicted molar refractivity (Wildman–Crippen MR) is 109 cm³/mol. The summed E-state index contributed by atoms with van der Waals surface area (Å²) in [5, 5.41) is 6.92. The summed E-state index contributed by atoms with van der Waals surface area (Å²) in [6, 6.07) is 13.1. The van der Waals surface area contributed by atoms with Gasteiger partial charge >= 0.3 is 6.01 Å². The Morgan fingerprint density at radius 1 is 1.14 bits per heavy atom. The Kier molecular flexibility index (Phi) is 5.29. The molecule has 0 atom stereocenters. The quantitative estimate of drug-likeness (QED) is 0.712. The minimum Gasteiger partial charge on any atom is -0.326 e. The smallest absolute Gasteiger partial charge is 0.324 e. The van der Waals surface area contributed by atoms with Crippen molar-refractivity contribution < 1.29 is 13.7 Å². The van der Waals surface area contributed by atoms with Crippen LogP contribution >= 0.6 is 0 Å². The highest BCUT2D eigenvalue weighted by Crippen LogP contribution is 2.27. The first-order chi connectivity index (χ1) is 14.0. The van der Waals surface area contributed by atoms with Crippen LogP contribution < -0.4 is 10.2 Å². The van der Waals surface area contributed by atoms with E-state index in [1.807, 2.05) is 36.1 Å². The second kappa shape index (κ2) is 8.03. The summed E-state index contributed by atoms with van der Waals surface area (Å²) >= 11 is 0. The van der Waals surface area contributed by atoms with Crippen molar-refractivity contribution >= 4 is 17.6 Å². The third-order valence-corrected chi connectivity index (χ3v) is 5.38. The van der Waals surface area contributed by atoms with Crippen molar-refractivity contribution in [1.82, 2.24) is 10.1 Å². The molecule has 1 aromatic heterocycles. The molecule has 0 saturated carbocycles. The van der Waals surface area contributed by atoms with E-state index in [4.69, 9.17) is 4.52 Å². The van der Waals surface area contributed by atoms with Gasteiger partial charge in [0.25, 0.3) is 0 Å². The molecule has 150 valence electrons. The fourth-order valence-electron chi connectivity index (χ4n) is 3.53. The number of hydrogen-bond acceptors (Lipinski definition) is 5. The summed E-state index contributed by atoms with van der Waals surface area (Å²) < 4.78 is 19.1. The van der Waals surface area contributed by atoms with Crippen molar-refractivity contribution in [2.45, 2.75) is 26.7 Å². The average Bonchev–Trinajstić information content (AvgIpc) is 3.21. The Bertz CT molecular complexity index is 1030. The minimum atomic E-state index is -0.321. The molecule has 1 N–H and O–H groups in total. The van der Waals surface area contributed by atoms with Gasteiger partial charge in [-0.2, -0.15) is 4.98 Å². The van der Waals surface area contributed by atoms with Crippen LogP contribution in [0.3, 0.4) is 0 Å². The molecule has 6 nitrogen and oxygen atoms in total. The maximum absolute atomic E-state index is 13.7. The van der Waals surface area contributed by atoms with Crippen molar-refractivity contribution in [3.05, 3.63) is 59.4 Å². The second-order valence-corrected chi connectivity index (χ2v) is 7.43. The topological polar surface area (TPSA) is 71.3 Å². The summed E-state index contributed by atoms with van der Waals surface area (Å²) in [5.74, 6) is 0.0336. The fraction of sp³-hybridized carbons (Fsp3) is 0.318. The Hall–Kier alpha value is -3.22. The van der Waals surface area contributed by atoms with Crippen LogP contribution in [-0.4, -0.2) is 29.1 Å². The van der Waals surface area contributed by atoms with Gasteiger partial charge in [-0.15, -0.1) is 0 Å². The van der Waals surface area contributed by atoms with Gasteiger partial charge in [0.2, 0.25) is 11.7 Å². The van der Waals surface area contributed by atoms with E-state index in [1.165, 1.54) is 6.07 Å². The normalized spacial score (nSPS) is 14.8. The average molecular weight is 394 g/mol. The zero-order chi connectivity index (χ0) is 20.4. The summed E-state index contributed by atoms with van der Waals surface area (Å²) in [6.45, 7) is 5.00. The standard InChI is InChI=1S/C22H23FN4O2/c1-14-5-3-4-6-18(14)20-25-22(29-26-20)27-11-9-16(10-12-27)21(28)24-17-8-7-15(2)19(23)13-17/h3-8,13,16H,9-12H2,1-2H3,(H,24,28). The first-order valence-electron chi connectivity index (χ1n) is 9.73. The number of carbonyl (C=O) groups excluding carboxylic acids is 1. The molecule has 0 bridgehead atoms. The van der Waals surface area contributed by atoms with Crippen molar-refractivity contribution in [3.63, 3.8) is 0 Å². The van der Waals surface area contributed by atoms with E-state index in [0.717, 1.165) is 11.1 Å². The first kappa shape index (κ1) is 19.1. The fourth-order valence-corrected chi connectivity index (χ4v) is 3.53. The van der Waals surface area contributed by atoms with Crippen LogP contribution in [-0.2, 0) is 4.79 Å². The molecule has 1 amide bonds. The number of rotatable bonds is 4. The number of aromatic nitrogens is 2. The zero-order valence-corrected chi connectivity index (χ0v) is 16.5. The molecule has 2 aromatic carbocycles. The first-order valence-corrected chi connectivity index (χ1v) is 9.73. The lowest BCUT2D eigenvalue weighted by atomic mass is 9.96. The monoisotopic (exact) mass is 394 g/mol. The van der Waals surface area contributed by atoms with E-state index in [0.29, 0.717) is 49.0 Å². The molecule has 0 unspecified atom stereocenters. The molecule has 1 aliphatic heterocycles. The van der Waals surface area contributed by atoms with Crippen LogP contribution in [0.5, 0.6) is 0 Å². The van der Waals surface area contributed by atoms with Gasteiger partial charge in [0.15, 0.2) is 0 Å². The third kappa shape index (κ3) is 4.13. The molecule has 2 heterocycles. The number of benzene rings is 2. The summed E-state index contributed by atoms with van der Waals surface area (Å²) in [6.07, 6.45) is 1.34. The van der Waals surface area contributed by atoms with E-state index in [1.54, 1.807) is 19.1 Å². The highest BCUT2D eigenvalue weighted by Gasteiger charge is 2.28. The highest BCUT2D eigenvalue weighted by molar-refractivity contribution is 5.92. The van der Waals surface area contributed by atoms with Crippen LogP contribution in [0.25, 0.3) is 11.4 Å². The van der Waals surface area contributed by atoms with Gasteiger partial charge in [0, 0.05) is 30.3 Å². The zero-order valence-electron chi connectivity index (χ0n) is 16.5. The molecular formula is C22H23FN4O2. The van der Waals surface area contributed by atoms with E-state index in [9.17, 15) is 9.18 Å². The van der Waals surface area contributed by atoms with Gasteiger partial charge in [-0.3, -0.25) is 4.79 Å². The highest BCUT2D eigenvalue weighted by atomic mass is 19.1. The molecule has 0 aliphatic carbocycles. The maximum Gasteiger partial charge on any atom is 0.324 e. The van der Waals surface area contributed by atoms with Crippen LogP contribution in [0, 0.1) is 25.6 Å². The number of anilines is 2. The number of halogens is 1. The maximum atomic E-state index is 13.7. The molecule has 29 heavy (non-hydrogen) atoms.